The van der Waals surface area contributed by atoms with Crippen LogP contribution < -0.4 is 10.9 Å². The fourth-order valence-corrected chi connectivity index (χ4v) is 1.55. The van der Waals surface area contributed by atoms with E-state index in [1.165, 1.54) is 4.68 Å². The van der Waals surface area contributed by atoms with Crippen molar-refractivity contribution < 1.29 is 0 Å². The minimum Gasteiger partial charge on any atom is -0.316 e. The molecule has 16 heavy (non-hydrogen) atoms. The normalized spacial score (nSPS) is 12.7. The number of nitrogens with one attached hydrogen (secondary N) is 1. The van der Waals surface area contributed by atoms with Crippen molar-refractivity contribution in [2.45, 2.75) is 33.7 Å². The van der Waals surface area contributed by atoms with Gasteiger partial charge in [-0.25, -0.2) is 4.68 Å². The highest BCUT2D eigenvalue weighted by atomic mass is 16.1. The number of aromatic nitrogens is 2. The first-order chi connectivity index (χ1) is 7.63. The smallest absolute Gasteiger partial charge is 0.266 e. The van der Waals surface area contributed by atoms with Gasteiger partial charge < -0.3 is 5.32 Å². The van der Waals surface area contributed by atoms with E-state index in [0.717, 1.165) is 25.1 Å². The summed E-state index contributed by atoms with van der Waals surface area (Å²) < 4.78 is 1.53. The molecule has 1 unspecified atom stereocenters. The number of hydrogen-bond donors (Lipinski definition) is 1. The first-order valence-electron chi connectivity index (χ1n) is 5.88. The van der Waals surface area contributed by atoms with Gasteiger partial charge >= 0.3 is 0 Å². The summed E-state index contributed by atoms with van der Waals surface area (Å²) in [5, 5.41) is 7.47. The molecule has 0 saturated heterocycles. The van der Waals surface area contributed by atoms with Crippen molar-refractivity contribution in [2.75, 3.05) is 13.1 Å². The fraction of sp³-hybridized carbons (Fsp3) is 0.667. The minimum atomic E-state index is -0.0117. The van der Waals surface area contributed by atoms with Gasteiger partial charge in [0.1, 0.15) is 0 Å². The molecule has 4 heteroatoms. The van der Waals surface area contributed by atoms with Gasteiger partial charge in [0.2, 0.25) is 0 Å². The molecule has 4 nitrogen and oxygen atoms in total. The van der Waals surface area contributed by atoms with Crippen molar-refractivity contribution in [3.63, 3.8) is 0 Å². The number of aryl methyl sites for hydroxylation is 1. The molecule has 0 aliphatic carbocycles. The zero-order valence-electron chi connectivity index (χ0n) is 10.4. The zero-order valence-corrected chi connectivity index (χ0v) is 10.4. The highest BCUT2D eigenvalue weighted by Gasteiger charge is 2.04. The fourth-order valence-electron chi connectivity index (χ4n) is 1.55. The van der Waals surface area contributed by atoms with Gasteiger partial charge in [-0.1, -0.05) is 13.8 Å². The molecule has 0 amide bonds. The second-order valence-electron chi connectivity index (χ2n) is 4.36. The van der Waals surface area contributed by atoms with E-state index >= 15 is 0 Å². The molecule has 0 aromatic carbocycles. The predicted molar refractivity (Wildman–Crippen MR) is 65.6 cm³/mol. The summed E-state index contributed by atoms with van der Waals surface area (Å²) >= 11 is 0. The highest BCUT2D eigenvalue weighted by Crippen LogP contribution is 1.96. The minimum absolute atomic E-state index is 0.0117. The van der Waals surface area contributed by atoms with Gasteiger partial charge in [-0.3, -0.25) is 4.79 Å². The van der Waals surface area contributed by atoms with E-state index in [1.54, 1.807) is 12.3 Å². The quantitative estimate of drug-likeness (QED) is 0.737. The Morgan fingerprint density at radius 3 is 2.94 bits per heavy atom. The molecule has 0 fully saturated rings. The van der Waals surface area contributed by atoms with Gasteiger partial charge in [-0.05, 0) is 37.9 Å². The third-order valence-corrected chi connectivity index (χ3v) is 2.41. The molecule has 0 aliphatic rings. The third-order valence-electron chi connectivity index (χ3n) is 2.41. The van der Waals surface area contributed by atoms with Gasteiger partial charge in [-0.2, -0.15) is 5.10 Å². The third kappa shape index (κ3) is 4.14. The lowest BCUT2D eigenvalue weighted by Gasteiger charge is -2.13. The molecule has 0 aliphatic heterocycles. The van der Waals surface area contributed by atoms with E-state index in [4.69, 9.17) is 0 Å². The second-order valence-corrected chi connectivity index (χ2v) is 4.36. The van der Waals surface area contributed by atoms with Crippen molar-refractivity contribution >= 4 is 0 Å². The molecule has 1 aromatic rings. The van der Waals surface area contributed by atoms with Crippen molar-refractivity contribution in [3.8, 4) is 0 Å². The van der Waals surface area contributed by atoms with Crippen LogP contribution in [0.4, 0.5) is 0 Å². The Morgan fingerprint density at radius 1 is 1.56 bits per heavy atom. The summed E-state index contributed by atoms with van der Waals surface area (Å²) in [6.45, 7) is 8.78. The van der Waals surface area contributed by atoms with E-state index in [1.807, 2.05) is 6.92 Å². The molecular weight excluding hydrogens is 202 g/mol. The molecular formula is C12H21N3O. The first kappa shape index (κ1) is 12.9. The van der Waals surface area contributed by atoms with Gasteiger partial charge in [0.15, 0.2) is 0 Å². The number of nitrogens with zero attached hydrogens (tertiary/aromatic N) is 2. The summed E-state index contributed by atoms with van der Waals surface area (Å²) in [7, 11) is 0. The van der Waals surface area contributed by atoms with Crippen LogP contribution in [0, 0.1) is 12.8 Å². The van der Waals surface area contributed by atoms with Crippen LogP contribution in [-0.2, 0) is 6.54 Å². The molecule has 0 bridgehead atoms. The highest BCUT2D eigenvalue weighted by molar-refractivity contribution is 5.02. The van der Waals surface area contributed by atoms with Crippen molar-refractivity contribution in [1.29, 1.82) is 0 Å². The average molecular weight is 223 g/mol. The zero-order chi connectivity index (χ0) is 12.0. The van der Waals surface area contributed by atoms with Crippen LogP contribution in [0.25, 0.3) is 0 Å². The molecule has 0 radical (unpaired) electrons. The number of hydrogen-bond acceptors (Lipinski definition) is 3. The lowest BCUT2D eigenvalue weighted by Crippen LogP contribution is -2.30. The van der Waals surface area contributed by atoms with Crippen LogP contribution in [0.2, 0.25) is 0 Å². The van der Waals surface area contributed by atoms with E-state index in [9.17, 15) is 4.79 Å². The van der Waals surface area contributed by atoms with E-state index < -0.39 is 0 Å². The lowest BCUT2D eigenvalue weighted by atomic mass is 10.2. The Labute approximate surface area is 96.7 Å². The maximum absolute atomic E-state index is 11.6. The predicted octanol–water partition coefficient (Wildman–Crippen LogP) is 1.19. The molecule has 1 N–H and O–H groups in total. The molecule has 1 heterocycles. The lowest BCUT2D eigenvalue weighted by molar-refractivity contribution is 0.410. The van der Waals surface area contributed by atoms with E-state index in [0.29, 0.717) is 12.5 Å². The van der Waals surface area contributed by atoms with Crippen molar-refractivity contribution in [3.05, 3.63) is 28.2 Å². The van der Waals surface area contributed by atoms with Crippen LogP contribution in [-0.4, -0.2) is 22.9 Å². The van der Waals surface area contributed by atoms with Crippen LogP contribution in [0.15, 0.2) is 17.1 Å². The molecule has 1 rings (SSSR count). The summed E-state index contributed by atoms with van der Waals surface area (Å²) in [4.78, 5) is 11.6. The van der Waals surface area contributed by atoms with Gasteiger partial charge in [0.05, 0.1) is 6.20 Å². The Bertz CT molecular complexity index is 373. The standard InChI is InChI=1S/C12H21N3O/c1-4-5-13-7-11(3)9-15-12(16)6-10(2)8-14-15/h6,8,11,13H,4-5,7,9H2,1-3H3. The summed E-state index contributed by atoms with van der Waals surface area (Å²) in [5.74, 6) is 0.416. The Balaban J connectivity index is 2.49. The van der Waals surface area contributed by atoms with Crippen LogP contribution in [0.5, 0.6) is 0 Å². The Hall–Kier alpha value is -1.16. The molecule has 0 spiro atoms. The van der Waals surface area contributed by atoms with E-state index in [2.05, 4.69) is 24.3 Å². The van der Waals surface area contributed by atoms with Crippen LogP contribution in [0.3, 0.4) is 0 Å². The van der Waals surface area contributed by atoms with Crippen LogP contribution >= 0.6 is 0 Å². The summed E-state index contributed by atoms with van der Waals surface area (Å²) in [6.07, 6.45) is 2.86. The Kier molecular flexibility index (Phi) is 5.19. The van der Waals surface area contributed by atoms with Crippen molar-refractivity contribution in [1.82, 2.24) is 15.1 Å². The summed E-state index contributed by atoms with van der Waals surface area (Å²) in [6, 6.07) is 1.62. The largest absolute Gasteiger partial charge is 0.316 e. The van der Waals surface area contributed by atoms with Gasteiger partial charge in [-0.15, -0.1) is 0 Å². The second kappa shape index (κ2) is 6.43. The monoisotopic (exact) mass is 223 g/mol. The molecule has 1 atom stereocenters. The first-order valence-corrected chi connectivity index (χ1v) is 5.88. The maximum Gasteiger partial charge on any atom is 0.266 e. The maximum atomic E-state index is 11.6. The molecule has 90 valence electrons. The van der Waals surface area contributed by atoms with Gasteiger partial charge in [0, 0.05) is 12.6 Å². The molecule has 0 saturated carbocycles. The van der Waals surface area contributed by atoms with E-state index in [-0.39, 0.29) is 5.56 Å². The SMILES string of the molecule is CCCNCC(C)Cn1ncc(C)cc1=O. The average Bonchev–Trinajstić information content (AvgIpc) is 2.23. The van der Waals surface area contributed by atoms with Crippen molar-refractivity contribution in [2.24, 2.45) is 5.92 Å². The topological polar surface area (TPSA) is 46.9 Å². The number of rotatable bonds is 6. The molecule has 1 aromatic heterocycles. The van der Waals surface area contributed by atoms with Crippen LogP contribution in [0.1, 0.15) is 25.8 Å². The Morgan fingerprint density at radius 2 is 2.31 bits per heavy atom. The summed E-state index contributed by atoms with van der Waals surface area (Å²) in [5.41, 5.74) is 0.903. The van der Waals surface area contributed by atoms with Gasteiger partial charge in [0.25, 0.3) is 5.56 Å².